The smallest absolute Gasteiger partial charge is 0.213 e. The lowest BCUT2D eigenvalue weighted by atomic mass is 10.3. The maximum Gasteiger partial charge on any atom is 0.213 e. The lowest BCUT2D eigenvalue weighted by Gasteiger charge is -2.07. The van der Waals surface area contributed by atoms with E-state index < -0.39 is 0 Å². The molecule has 0 bridgehead atoms. The lowest BCUT2D eigenvalue weighted by molar-refractivity contribution is 0.408. The summed E-state index contributed by atoms with van der Waals surface area (Å²) in [6.45, 7) is 0.749. The van der Waals surface area contributed by atoms with Gasteiger partial charge >= 0.3 is 0 Å². The first kappa shape index (κ1) is 13.6. The van der Waals surface area contributed by atoms with E-state index in [-0.39, 0.29) is 0 Å². The van der Waals surface area contributed by atoms with E-state index in [4.69, 9.17) is 16.1 Å². The van der Waals surface area contributed by atoms with Gasteiger partial charge in [0, 0.05) is 29.7 Å². The van der Waals surface area contributed by atoms with Crippen molar-refractivity contribution in [2.75, 3.05) is 5.88 Å². The van der Waals surface area contributed by atoms with Crippen molar-refractivity contribution >= 4 is 38.6 Å². The first-order chi connectivity index (χ1) is 9.78. The van der Waals surface area contributed by atoms with Crippen LogP contribution in [0.4, 0.5) is 0 Å². The molecule has 0 atom stereocenters. The largest absolute Gasteiger partial charge is 0.343 e. The molecule has 7 heteroatoms. The molecule has 3 aromatic rings. The molecule has 0 N–H and O–H groups in total. The van der Waals surface area contributed by atoms with Crippen LogP contribution in [0.15, 0.2) is 33.6 Å². The van der Waals surface area contributed by atoms with Crippen LogP contribution in [0.25, 0.3) is 11.0 Å². The van der Waals surface area contributed by atoms with E-state index in [9.17, 15) is 0 Å². The molecule has 0 aliphatic heterocycles. The summed E-state index contributed by atoms with van der Waals surface area (Å²) in [5.74, 6) is 2.22. The predicted molar refractivity (Wildman–Crippen MR) is 79.9 cm³/mol. The molecule has 0 spiro atoms. The molecular weight excluding hydrogens is 344 g/mol. The highest BCUT2D eigenvalue weighted by molar-refractivity contribution is 9.10. The number of imidazole rings is 1. The van der Waals surface area contributed by atoms with Crippen molar-refractivity contribution in [2.45, 2.75) is 19.4 Å². The number of rotatable bonds is 5. The van der Waals surface area contributed by atoms with Crippen molar-refractivity contribution in [2.24, 2.45) is 0 Å². The van der Waals surface area contributed by atoms with Gasteiger partial charge in [0.05, 0.1) is 11.0 Å². The third kappa shape index (κ3) is 2.71. The van der Waals surface area contributed by atoms with Gasteiger partial charge in [-0.05, 0) is 18.2 Å². The third-order valence-electron chi connectivity index (χ3n) is 3.07. The molecule has 0 radical (unpaired) electrons. The summed E-state index contributed by atoms with van der Waals surface area (Å²) in [5.41, 5.74) is 2.06. The van der Waals surface area contributed by atoms with Crippen LogP contribution in [0.5, 0.6) is 0 Å². The van der Waals surface area contributed by atoms with Crippen LogP contribution < -0.4 is 0 Å². The Hall–Kier alpha value is -1.40. The average molecular weight is 356 g/mol. The molecule has 104 valence electrons. The van der Waals surface area contributed by atoms with Crippen LogP contribution in [0.3, 0.4) is 0 Å². The van der Waals surface area contributed by atoms with Gasteiger partial charge in [0.15, 0.2) is 5.82 Å². The molecule has 20 heavy (non-hydrogen) atoms. The van der Waals surface area contributed by atoms with E-state index in [2.05, 4.69) is 41.7 Å². The van der Waals surface area contributed by atoms with Crippen molar-refractivity contribution in [3.05, 3.63) is 40.7 Å². The summed E-state index contributed by atoms with van der Waals surface area (Å²) >= 11 is 9.36. The minimum atomic E-state index is 0.548. The van der Waals surface area contributed by atoms with Gasteiger partial charge in [-0.3, -0.25) is 0 Å². The fraction of sp³-hybridized carbons (Fsp3) is 0.308. The maximum absolute atomic E-state index is 5.86. The third-order valence-corrected chi connectivity index (χ3v) is 3.76. The van der Waals surface area contributed by atoms with Crippen LogP contribution in [0, 0.1) is 0 Å². The Bertz CT molecular complexity index is 711. The summed E-state index contributed by atoms with van der Waals surface area (Å²) in [5, 5.41) is 3.83. The Labute approximate surface area is 129 Å². The highest BCUT2D eigenvalue weighted by Crippen LogP contribution is 2.22. The molecule has 0 aliphatic rings. The minimum Gasteiger partial charge on any atom is -0.343 e. The molecule has 0 fully saturated rings. The normalized spacial score (nSPS) is 11.3. The monoisotopic (exact) mass is 354 g/mol. The number of fused-ring (bicyclic) bond motifs is 1. The van der Waals surface area contributed by atoms with Crippen LogP contribution in [-0.2, 0) is 19.4 Å². The lowest BCUT2D eigenvalue weighted by Crippen LogP contribution is -2.07. The topological polar surface area (TPSA) is 56.7 Å². The number of hydrogen-bond acceptors (Lipinski definition) is 4. The van der Waals surface area contributed by atoms with Gasteiger partial charge in [-0.2, -0.15) is 4.98 Å². The van der Waals surface area contributed by atoms with Crippen molar-refractivity contribution < 1.29 is 4.52 Å². The molecule has 5 nitrogen and oxygen atoms in total. The summed E-state index contributed by atoms with van der Waals surface area (Å²) < 4.78 is 7.95. The van der Waals surface area contributed by atoms with E-state index in [1.54, 1.807) is 0 Å². The van der Waals surface area contributed by atoms with Crippen molar-refractivity contribution in [3.8, 4) is 0 Å². The molecule has 0 aliphatic carbocycles. The van der Waals surface area contributed by atoms with E-state index in [1.807, 2.05) is 12.1 Å². The molecule has 0 amide bonds. The molecule has 2 heterocycles. The number of nitrogens with zero attached hydrogens (tertiary/aromatic N) is 4. The Balaban J connectivity index is 1.96. The zero-order chi connectivity index (χ0) is 13.9. The van der Waals surface area contributed by atoms with Crippen LogP contribution in [0.1, 0.15) is 11.6 Å². The molecule has 3 rings (SSSR count). The van der Waals surface area contributed by atoms with Crippen LogP contribution >= 0.6 is 27.5 Å². The second kappa shape index (κ2) is 5.93. The number of benzene rings is 1. The molecule has 0 saturated carbocycles. The second-order valence-electron chi connectivity index (χ2n) is 4.35. The first-order valence-electron chi connectivity index (χ1n) is 6.24. The van der Waals surface area contributed by atoms with E-state index in [0.717, 1.165) is 34.3 Å². The van der Waals surface area contributed by atoms with Crippen molar-refractivity contribution in [3.63, 3.8) is 0 Å². The molecule has 1 aromatic carbocycles. The fourth-order valence-electron chi connectivity index (χ4n) is 2.19. The number of hydrogen-bond donors (Lipinski definition) is 0. The van der Waals surface area contributed by atoms with Gasteiger partial charge in [0.2, 0.25) is 6.39 Å². The minimum absolute atomic E-state index is 0.548. The second-order valence-corrected chi connectivity index (χ2v) is 5.64. The molecule has 0 saturated heterocycles. The average Bonchev–Trinajstić information content (AvgIpc) is 3.04. The zero-order valence-corrected chi connectivity index (χ0v) is 12.9. The van der Waals surface area contributed by atoms with Gasteiger partial charge in [-0.15, -0.1) is 11.6 Å². The first-order valence-corrected chi connectivity index (χ1v) is 7.56. The van der Waals surface area contributed by atoms with Crippen LogP contribution in [0.2, 0.25) is 0 Å². The number of halogens is 2. The number of aromatic nitrogens is 4. The van der Waals surface area contributed by atoms with E-state index in [0.29, 0.717) is 18.1 Å². The van der Waals surface area contributed by atoms with Crippen LogP contribution in [-0.4, -0.2) is 25.6 Å². The zero-order valence-electron chi connectivity index (χ0n) is 10.6. The maximum atomic E-state index is 5.86. The highest BCUT2D eigenvalue weighted by Gasteiger charge is 2.11. The standard InChI is InChI=1S/C13H12BrClN4O/c14-9-1-2-10-11(7-9)19(13(17-10)3-5-15)6-4-12-16-8-20-18-12/h1-2,7-8H,3-6H2. The summed E-state index contributed by atoms with van der Waals surface area (Å²) in [6, 6.07) is 6.06. The van der Waals surface area contributed by atoms with Crippen molar-refractivity contribution in [1.82, 2.24) is 19.7 Å². The van der Waals surface area contributed by atoms with Gasteiger partial charge in [0.1, 0.15) is 5.82 Å². The fourth-order valence-corrected chi connectivity index (χ4v) is 2.70. The Morgan fingerprint density at radius 2 is 2.20 bits per heavy atom. The SMILES string of the molecule is ClCCc1nc2ccc(Br)cc2n1CCc1ncon1. The van der Waals surface area contributed by atoms with Gasteiger partial charge in [-0.25, -0.2) is 4.98 Å². The van der Waals surface area contributed by atoms with E-state index in [1.165, 1.54) is 6.39 Å². The Morgan fingerprint density at radius 3 is 2.95 bits per heavy atom. The van der Waals surface area contributed by atoms with Gasteiger partial charge < -0.3 is 9.09 Å². The highest BCUT2D eigenvalue weighted by atomic mass is 79.9. The summed E-state index contributed by atoms with van der Waals surface area (Å²) in [6.07, 6.45) is 2.78. The van der Waals surface area contributed by atoms with Crippen molar-refractivity contribution in [1.29, 1.82) is 0 Å². The quantitative estimate of drug-likeness (QED) is 0.660. The number of aryl methyl sites for hydroxylation is 3. The van der Waals surface area contributed by atoms with E-state index >= 15 is 0 Å². The summed E-state index contributed by atoms with van der Waals surface area (Å²) in [4.78, 5) is 8.68. The van der Waals surface area contributed by atoms with Gasteiger partial charge in [-0.1, -0.05) is 21.1 Å². The summed E-state index contributed by atoms with van der Waals surface area (Å²) in [7, 11) is 0. The molecule has 0 unspecified atom stereocenters. The Kier molecular flexibility index (Phi) is 4.03. The molecular formula is C13H12BrClN4O. The number of alkyl halides is 1. The molecule has 2 aromatic heterocycles. The van der Waals surface area contributed by atoms with Gasteiger partial charge in [0.25, 0.3) is 0 Å². The Morgan fingerprint density at radius 1 is 1.30 bits per heavy atom. The predicted octanol–water partition coefficient (Wildman–Crippen LogP) is 3.21.